The maximum atomic E-state index is 14.3. The summed E-state index contributed by atoms with van der Waals surface area (Å²) in [6.07, 6.45) is 7.44. The van der Waals surface area contributed by atoms with Gasteiger partial charge in [-0.15, -0.1) is 0 Å². The molecule has 4 amide bonds. The zero-order valence-corrected chi connectivity index (χ0v) is 27.1. The highest BCUT2D eigenvalue weighted by Crippen LogP contribution is 2.46. The van der Waals surface area contributed by atoms with E-state index in [0.29, 0.717) is 30.4 Å². The van der Waals surface area contributed by atoms with Crippen molar-refractivity contribution in [1.82, 2.24) is 24.7 Å². The number of ether oxygens (including phenoxy) is 1. The van der Waals surface area contributed by atoms with E-state index >= 15 is 0 Å². The predicted molar refractivity (Wildman–Crippen MR) is 165 cm³/mol. The molecule has 1 aromatic rings. The third-order valence-electron chi connectivity index (χ3n) is 9.89. The molecule has 46 heavy (non-hydrogen) atoms. The van der Waals surface area contributed by atoms with E-state index in [1.807, 2.05) is 17.1 Å². The van der Waals surface area contributed by atoms with Gasteiger partial charge < -0.3 is 15.0 Å². The van der Waals surface area contributed by atoms with Crippen LogP contribution in [0.15, 0.2) is 30.4 Å². The molecule has 2 aliphatic carbocycles. The van der Waals surface area contributed by atoms with Crippen LogP contribution >= 0.6 is 0 Å². The van der Waals surface area contributed by atoms with Crippen molar-refractivity contribution < 1.29 is 36.7 Å². The summed E-state index contributed by atoms with van der Waals surface area (Å²) in [5.41, 5.74) is -0.340. The van der Waals surface area contributed by atoms with Gasteiger partial charge in [-0.2, -0.15) is 0 Å². The number of amides is 4. The molecule has 3 heterocycles. The van der Waals surface area contributed by atoms with Crippen LogP contribution in [0.3, 0.4) is 0 Å². The Balaban J connectivity index is 1.23. The Morgan fingerprint density at radius 1 is 1.11 bits per heavy atom. The second kappa shape index (κ2) is 12.6. The number of benzene rings is 1. The fourth-order valence-corrected chi connectivity index (χ4v) is 8.26. The van der Waals surface area contributed by atoms with Gasteiger partial charge >= 0.3 is 6.09 Å². The molecule has 3 fully saturated rings. The number of sulfonamides is 1. The summed E-state index contributed by atoms with van der Waals surface area (Å²) >= 11 is 0. The molecule has 5 atom stereocenters. The molecule has 1 aromatic carbocycles. The van der Waals surface area contributed by atoms with Crippen molar-refractivity contribution in [3.05, 3.63) is 47.3 Å². The predicted octanol–water partition coefficient (Wildman–Crippen LogP) is 2.18. The number of carbonyl (C=O) groups is 4. The number of rotatable bonds is 5. The van der Waals surface area contributed by atoms with Crippen LogP contribution in [0.5, 0.6) is 0 Å². The molecule has 3 aliphatic heterocycles. The van der Waals surface area contributed by atoms with E-state index in [2.05, 4.69) is 10.0 Å². The van der Waals surface area contributed by atoms with E-state index in [9.17, 15) is 32.0 Å². The van der Waals surface area contributed by atoms with Gasteiger partial charge in [0.15, 0.2) is 0 Å². The number of fused-ring (bicyclic) bond motifs is 3. The van der Waals surface area contributed by atoms with Crippen LogP contribution in [0.2, 0.25) is 0 Å². The van der Waals surface area contributed by atoms with Crippen molar-refractivity contribution in [3.8, 4) is 0 Å². The summed E-state index contributed by atoms with van der Waals surface area (Å²) in [5.74, 6) is -2.47. The molecule has 14 heteroatoms. The van der Waals surface area contributed by atoms with Crippen LogP contribution in [0, 0.1) is 11.7 Å². The fraction of sp³-hybridized carbons (Fsp3) is 0.625. The molecule has 0 spiro atoms. The van der Waals surface area contributed by atoms with Crippen molar-refractivity contribution in [2.45, 2.75) is 99.9 Å². The quantitative estimate of drug-likeness (QED) is 0.458. The van der Waals surface area contributed by atoms with Gasteiger partial charge in [0.25, 0.3) is 5.91 Å². The average molecular weight is 660 g/mol. The minimum absolute atomic E-state index is 0.00279. The van der Waals surface area contributed by atoms with Crippen molar-refractivity contribution in [3.63, 3.8) is 0 Å². The Morgan fingerprint density at radius 3 is 2.61 bits per heavy atom. The van der Waals surface area contributed by atoms with Gasteiger partial charge in [-0.3, -0.25) is 28.9 Å². The first-order valence-electron chi connectivity index (χ1n) is 16.1. The molecule has 1 saturated heterocycles. The highest BCUT2D eigenvalue weighted by Gasteiger charge is 2.62. The van der Waals surface area contributed by atoms with E-state index < -0.39 is 68.6 Å². The summed E-state index contributed by atoms with van der Waals surface area (Å²) in [7, 11) is -0.245. The molecule has 0 unspecified atom stereocenters. The van der Waals surface area contributed by atoms with Crippen LogP contribution in [0.4, 0.5) is 9.18 Å². The normalized spacial score (nSPS) is 30.1. The van der Waals surface area contributed by atoms with Crippen LogP contribution in [-0.4, -0.2) is 96.5 Å². The van der Waals surface area contributed by atoms with Crippen LogP contribution < -0.4 is 10.0 Å². The van der Waals surface area contributed by atoms with Gasteiger partial charge in [0.2, 0.25) is 21.8 Å². The maximum Gasteiger partial charge on any atom is 0.410 e. The second-order valence-corrected chi connectivity index (χ2v) is 15.4. The molecule has 12 nitrogen and oxygen atoms in total. The first-order chi connectivity index (χ1) is 21.9. The minimum Gasteiger partial charge on any atom is -0.444 e. The van der Waals surface area contributed by atoms with Crippen molar-refractivity contribution in [2.75, 3.05) is 20.6 Å². The maximum absolute atomic E-state index is 14.3. The minimum atomic E-state index is -3.86. The van der Waals surface area contributed by atoms with Gasteiger partial charge in [-0.1, -0.05) is 37.1 Å². The fourth-order valence-electron chi connectivity index (χ4n) is 6.90. The molecule has 2 saturated carbocycles. The van der Waals surface area contributed by atoms with Gasteiger partial charge in [0.1, 0.15) is 23.5 Å². The number of carbonyl (C=O) groups excluding carboxylic acids is 4. The first kappa shape index (κ1) is 32.4. The lowest BCUT2D eigenvalue weighted by Gasteiger charge is -2.32. The SMILES string of the molecule is CN(C)[C@H]1CCCCCC=C[C@@H]2C[C@@]2(C(=O)NS(=O)(=O)C2CC2)NC(=O)[C@@H]2C[C@@H](OC(=O)N3Cc4cccc(F)c4C3)CN2C1=O. The lowest BCUT2D eigenvalue weighted by atomic mass is 10.0. The van der Waals surface area contributed by atoms with Gasteiger partial charge in [-0.05, 0) is 64.3 Å². The van der Waals surface area contributed by atoms with Crippen LogP contribution in [-0.2, 0) is 42.2 Å². The zero-order valence-electron chi connectivity index (χ0n) is 26.2. The number of allylic oxidation sites excluding steroid dienone is 1. The summed E-state index contributed by atoms with van der Waals surface area (Å²) in [5, 5.41) is 2.22. The number of likely N-dealkylation sites (N-methyl/N-ethyl adjacent to an activating group) is 1. The second-order valence-electron chi connectivity index (χ2n) is 13.5. The number of nitrogens with one attached hydrogen (secondary N) is 2. The summed E-state index contributed by atoms with van der Waals surface area (Å²) in [6, 6.07) is 3.11. The van der Waals surface area contributed by atoms with Crippen molar-refractivity contribution in [1.29, 1.82) is 0 Å². The van der Waals surface area contributed by atoms with Crippen LogP contribution in [0.1, 0.15) is 68.9 Å². The number of nitrogens with zero attached hydrogens (tertiary/aromatic N) is 3. The summed E-state index contributed by atoms with van der Waals surface area (Å²) < 4.78 is 47.7. The third kappa shape index (κ3) is 6.51. The lowest BCUT2D eigenvalue weighted by molar-refractivity contribution is -0.143. The van der Waals surface area contributed by atoms with E-state index in [4.69, 9.17) is 4.74 Å². The molecule has 0 aromatic heterocycles. The molecule has 0 radical (unpaired) electrons. The van der Waals surface area contributed by atoms with E-state index in [-0.39, 0.29) is 38.4 Å². The smallest absolute Gasteiger partial charge is 0.410 e. The molecule has 250 valence electrons. The summed E-state index contributed by atoms with van der Waals surface area (Å²) in [6.45, 7) is 0.212. The standard InChI is InChI=1S/C32H42FN5O7S/c1-36(2)26-12-7-5-3-4-6-10-21-16-32(21,30(41)35-46(43,44)23-13-14-23)34-28(39)27-15-22(18-38(27)29(26)40)45-31(42)37-17-20-9-8-11-25(33)24(20)19-37/h6,8-11,21-23,26-27H,3-5,7,12-19H2,1-2H3,(H,34,39)(H,35,41)/t21-,22-,26+,27+,32-/m1/s1. The highest BCUT2D eigenvalue weighted by molar-refractivity contribution is 7.91. The lowest BCUT2D eigenvalue weighted by Crippen LogP contribution is -2.58. The van der Waals surface area contributed by atoms with E-state index in [1.165, 1.54) is 15.9 Å². The molecule has 6 rings (SSSR count). The molecule has 2 N–H and O–H groups in total. The average Bonchev–Trinajstić information content (AvgIpc) is 3.88. The van der Waals surface area contributed by atoms with Gasteiger partial charge in [-0.25, -0.2) is 17.6 Å². The Labute approximate surface area is 268 Å². The van der Waals surface area contributed by atoms with Crippen LogP contribution in [0.25, 0.3) is 0 Å². The highest BCUT2D eigenvalue weighted by atomic mass is 32.2. The Bertz CT molecular complexity index is 1550. The number of hydrogen-bond acceptors (Lipinski definition) is 8. The van der Waals surface area contributed by atoms with Crippen molar-refractivity contribution in [2.24, 2.45) is 5.92 Å². The molecular formula is C32H42FN5O7S. The van der Waals surface area contributed by atoms with E-state index in [1.54, 1.807) is 26.2 Å². The largest absolute Gasteiger partial charge is 0.444 e. The van der Waals surface area contributed by atoms with Gasteiger partial charge in [0, 0.05) is 24.4 Å². The Kier molecular flexibility index (Phi) is 8.87. The van der Waals surface area contributed by atoms with Crippen molar-refractivity contribution >= 4 is 33.8 Å². The first-order valence-corrected chi connectivity index (χ1v) is 17.7. The number of hydrogen-bond donors (Lipinski definition) is 2. The Hall–Kier alpha value is -3.52. The third-order valence-corrected chi connectivity index (χ3v) is 11.7. The number of halogens is 1. The zero-order chi connectivity index (χ0) is 32.8. The van der Waals surface area contributed by atoms with E-state index in [0.717, 1.165) is 25.7 Å². The topological polar surface area (TPSA) is 145 Å². The molecule has 5 aliphatic rings. The Morgan fingerprint density at radius 2 is 1.89 bits per heavy atom. The summed E-state index contributed by atoms with van der Waals surface area (Å²) in [4.78, 5) is 59.4. The molecular weight excluding hydrogens is 617 g/mol. The van der Waals surface area contributed by atoms with Gasteiger partial charge in [0.05, 0.1) is 24.4 Å². The monoisotopic (exact) mass is 659 g/mol. The molecule has 0 bridgehead atoms.